The molecule has 1 amide bonds. The van der Waals surface area contributed by atoms with E-state index in [0.29, 0.717) is 30.7 Å². The highest BCUT2D eigenvalue weighted by molar-refractivity contribution is 5.84. The van der Waals surface area contributed by atoms with Gasteiger partial charge in [-0.05, 0) is 37.0 Å². The topological polar surface area (TPSA) is 66.8 Å². The first kappa shape index (κ1) is 16.3. The Balaban J connectivity index is 1.92. The summed E-state index contributed by atoms with van der Waals surface area (Å²) in [4.78, 5) is 25.3. The van der Waals surface area contributed by atoms with Crippen LogP contribution in [0.25, 0.3) is 0 Å². The molecule has 2 atom stereocenters. The largest absolute Gasteiger partial charge is 0.480 e. The molecule has 21 heavy (non-hydrogen) atoms. The minimum absolute atomic E-state index is 0.0216. The summed E-state index contributed by atoms with van der Waals surface area (Å²) in [6, 6.07) is -0.720. The highest BCUT2D eigenvalue weighted by Gasteiger charge is 2.40. The van der Waals surface area contributed by atoms with E-state index in [1.165, 1.54) is 4.90 Å². The Bertz CT molecular complexity index is 397. The van der Waals surface area contributed by atoms with Gasteiger partial charge in [0.2, 0.25) is 5.91 Å². The van der Waals surface area contributed by atoms with Crippen molar-refractivity contribution in [3.8, 4) is 0 Å². The highest BCUT2D eigenvalue weighted by atomic mass is 16.5. The van der Waals surface area contributed by atoms with Gasteiger partial charge in [0.25, 0.3) is 0 Å². The molecule has 0 radical (unpaired) electrons. The fourth-order valence-electron chi connectivity index (χ4n) is 3.51. The Morgan fingerprint density at radius 3 is 2.43 bits per heavy atom. The number of carbonyl (C=O) groups excluding carboxylic acids is 1. The monoisotopic (exact) mass is 297 g/mol. The van der Waals surface area contributed by atoms with Crippen LogP contribution in [-0.4, -0.2) is 47.7 Å². The molecule has 1 aliphatic heterocycles. The number of ether oxygens (including phenoxy) is 1. The zero-order valence-corrected chi connectivity index (χ0v) is 13.3. The second kappa shape index (κ2) is 6.34. The van der Waals surface area contributed by atoms with Crippen LogP contribution in [0.2, 0.25) is 0 Å². The van der Waals surface area contributed by atoms with E-state index in [4.69, 9.17) is 4.74 Å². The number of hydrogen-bond donors (Lipinski definition) is 1. The molecule has 1 aliphatic carbocycles. The summed E-state index contributed by atoms with van der Waals surface area (Å²) in [6.45, 7) is 4.95. The summed E-state index contributed by atoms with van der Waals surface area (Å²) >= 11 is 0. The Morgan fingerprint density at radius 1 is 1.29 bits per heavy atom. The van der Waals surface area contributed by atoms with Gasteiger partial charge in [-0.2, -0.15) is 0 Å². The molecule has 5 heteroatoms. The van der Waals surface area contributed by atoms with Crippen LogP contribution in [0.4, 0.5) is 0 Å². The summed E-state index contributed by atoms with van der Waals surface area (Å²) in [6.07, 6.45) is 5.16. The van der Waals surface area contributed by atoms with Crippen molar-refractivity contribution in [1.29, 1.82) is 0 Å². The first-order valence-corrected chi connectivity index (χ1v) is 7.87. The first-order valence-electron chi connectivity index (χ1n) is 7.87. The van der Waals surface area contributed by atoms with Gasteiger partial charge in [-0.15, -0.1) is 0 Å². The van der Waals surface area contributed by atoms with Crippen LogP contribution < -0.4 is 0 Å². The number of likely N-dealkylation sites (tertiary alicyclic amines) is 1. The fourth-order valence-corrected chi connectivity index (χ4v) is 3.51. The molecule has 0 aromatic rings. The minimum atomic E-state index is -0.923. The average molecular weight is 297 g/mol. The number of hydrogen-bond acceptors (Lipinski definition) is 3. The number of methoxy groups -OCH3 is 1. The number of nitrogens with zero attached hydrogens (tertiary/aromatic N) is 1. The van der Waals surface area contributed by atoms with Gasteiger partial charge in [-0.3, -0.25) is 4.79 Å². The second-order valence-electron chi connectivity index (χ2n) is 7.31. The lowest BCUT2D eigenvalue weighted by Gasteiger charge is -2.34. The van der Waals surface area contributed by atoms with Crippen LogP contribution in [0.1, 0.15) is 52.4 Å². The van der Waals surface area contributed by atoms with Crippen molar-refractivity contribution in [2.75, 3.05) is 13.7 Å². The molecule has 2 unspecified atom stereocenters. The van der Waals surface area contributed by atoms with Gasteiger partial charge < -0.3 is 14.7 Å². The van der Waals surface area contributed by atoms with Crippen LogP contribution in [0.3, 0.4) is 0 Å². The number of carbonyl (C=O) groups is 2. The smallest absolute Gasteiger partial charge is 0.326 e. The lowest BCUT2D eigenvalue weighted by Crippen LogP contribution is -2.41. The lowest BCUT2D eigenvalue weighted by atomic mass is 9.72. The van der Waals surface area contributed by atoms with Crippen molar-refractivity contribution >= 4 is 11.9 Å². The van der Waals surface area contributed by atoms with Crippen molar-refractivity contribution in [2.24, 2.45) is 11.3 Å². The Labute approximate surface area is 126 Å². The molecule has 5 nitrogen and oxygen atoms in total. The van der Waals surface area contributed by atoms with Crippen molar-refractivity contribution in [1.82, 2.24) is 4.90 Å². The third kappa shape index (κ3) is 3.96. The van der Waals surface area contributed by atoms with E-state index in [2.05, 4.69) is 13.8 Å². The van der Waals surface area contributed by atoms with Crippen molar-refractivity contribution in [3.63, 3.8) is 0 Å². The van der Waals surface area contributed by atoms with Crippen LogP contribution in [0.5, 0.6) is 0 Å². The van der Waals surface area contributed by atoms with Gasteiger partial charge in [-0.1, -0.05) is 13.8 Å². The third-order valence-electron chi connectivity index (χ3n) is 5.12. The summed E-state index contributed by atoms with van der Waals surface area (Å²) in [5.41, 5.74) is 0.387. The SMILES string of the molecule is COC1CC(C(=O)O)N(C(=O)CC2CCC(C)(C)CC2)C1. The van der Waals surface area contributed by atoms with Crippen LogP contribution in [0, 0.1) is 11.3 Å². The van der Waals surface area contributed by atoms with Gasteiger partial charge in [0.1, 0.15) is 6.04 Å². The van der Waals surface area contributed by atoms with Gasteiger partial charge >= 0.3 is 5.97 Å². The molecule has 1 N–H and O–H groups in total. The first-order chi connectivity index (χ1) is 9.82. The number of amides is 1. The molecule has 1 heterocycles. The predicted molar refractivity (Wildman–Crippen MR) is 78.9 cm³/mol. The van der Waals surface area contributed by atoms with E-state index < -0.39 is 12.0 Å². The van der Waals surface area contributed by atoms with E-state index in [0.717, 1.165) is 25.7 Å². The quantitative estimate of drug-likeness (QED) is 0.864. The predicted octanol–water partition coefficient (Wildman–Crippen LogP) is 2.29. The summed E-state index contributed by atoms with van der Waals surface area (Å²) < 4.78 is 5.23. The molecule has 0 bridgehead atoms. The van der Waals surface area contributed by atoms with E-state index in [1.54, 1.807) is 7.11 Å². The molecule has 2 fully saturated rings. The van der Waals surface area contributed by atoms with Crippen molar-refractivity contribution < 1.29 is 19.4 Å². The molecule has 1 saturated heterocycles. The highest BCUT2D eigenvalue weighted by Crippen LogP contribution is 2.39. The Morgan fingerprint density at radius 2 is 1.90 bits per heavy atom. The lowest BCUT2D eigenvalue weighted by molar-refractivity contribution is -0.148. The molecular weight excluding hydrogens is 270 g/mol. The van der Waals surface area contributed by atoms with E-state index in [1.807, 2.05) is 0 Å². The van der Waals surface area contributed by atoms with Gasteiger partial charge in [0.05, 0.1) is 6.10 Å². The van der Waals surface area contributed by atoms with Crippen molar-refractivity contribution in [2.45, 2.75) is 64.5 Å². The molecule has 2 aliphatic rings. The second-order valence-corrected chi connectivity index (χ2v) is 7.31. The van der Waals surface area contributed by atoms with Gasteiger partial charge in [0, 0.05) is 26.5 Å². The van der Waals surface area contributed by atoms with Gasteiger partial charge in [-0.25, -0.2) is 4.79 Å². The molecule has 0 aromatic carbocycles. The van der Waals surface area contributed by atoms with E-state index in [9.17, 15) is 14.7 Å². The maximum atomic E-state index is 12.5. The molecule has 0 spiro atoms. The van der Waals surface area contributed by atoms with E-state index in [-0.39, 0.29) is 12.0 Å². The van der Waals surface area contributed by atoms with Crippen molar-refractivity contribution in [3.05, 3.63) is 0 Å². The minimum Gasteiger partial charge on any atom is -0.480 e. The number of carboxylic acid groups (broad SMARTS) is 1. The molecule has 120 valence electrons. The van der Waals surface area contributed by atoms with Crippen LogP contribution in [0.15, 0.2) is 0 Å². The summed E-state index contributed by atoms with van der Waals surface area (Å²) in [5.74, 6) is -0.541. The molecule has 2 rings (SSSR count). The third-order valence-corrected chi connectivity index (χ3v) is 5.12. The summed E-state index contributed by atoms with van der Waals surface area (Å²) in [5, 5.41) is 9.27. The summed E-state index contributed by atoms with van der Waals surface area (Å²) in [7, 11) is 1.57. The average Bonchev–Trinajstić information content (AvgIpc) is 2.85. The fraction of sp³-hybridized carbons (Fsp3) is 0.875. The normalized spacial score (nSPS) is 29.6. The Hall–Kier alpha value is -1.10. The molecule has 0 aromatic heterocycles. The van der Waals surface area contributed by atoms with Crippen LogP contribution in [-0.2, 0) is 14.3 Å². The number of carboxylic acids is 1. The maximum Gasteiger partial charge on any atom is 0.326 e. The maximum absolute atomic E-state index is 12.5. The molecule has 1 saturated carbocycles. The Kier molecular flexibility index (Phi) is 4.91. The standard InChI is InChI=1S/C16H27NO4/c1-16(2)6-4-11(5-7-16)8-14(18)17-10-12(21-3)9-13(17)15(19)20/h11-13H,4-10H2,1-3H3,(H,19,20). The van der Waals surface area contributed by atoms with Crippen LogP contribution >= 0.6 is 0 Å². The number of rotatable bonds is 4. The van der Waals surface area contributed by atoms with Gasteiger partial charge in [0.15, 0.2) is 0 Å². The zero-order chi connectivity index (χ0) is 15.6. The molecular formula is C16H27NO4. The van der Waals surface area contributed by atoms with E-state index >= 15 is 0 Å². The number of aliphatic carboxylic acids is 1. The zero-order valence-electron chi connectivity index (χ0n) is 13.3.